The molecule has 1 aliphatic rings. The molecule has 0 aromatic heterocycles. The average molecular weight is 273 g/mol. The predicted molar refractivity (Wildman–Crippen MR) is 66.4 cm³/mol. The summed E-state index contributed by atoms with van der Waals surface area (Å²) >= 11 is 0. The smallest absolute Gasteiger partial charge is 0.334 e. The molecule has 7 nitrogen and oxygen atoms in total. The molecular weight excluding hydrogens is 262 g/mol. The second-order valence-corrected chi connectivity index (χ2v) is 4.18. The van der Waals surface area contributed by atoms with Gasteiger partial charge in [-0.15, -0.1) is 0 Å². The Balaban J connectivity index is 2.27. The number of methoxy groups -OCH3 is 1. The van der Waals surface area contributed by atoms with E-state index in [1.165, 1.54) is 20.2 Å². The van der Waals surface area contributed by atoms with Crippen LogP contribution in [0.4, 0.5) is 4.79 Å². The lowest BCUT2D eigenvalue weighted by molar-refractivity contribution is -0.143. The molecule has 0 bridgehead atoms. The Morgan fingerprint density at radius 2 is 1.95 bits per heavy atom. The van der Waals surface area contributed by atoms with Crippen LogP contribution in [0.25, 0.3) is 0 Å². The molecule has 1 aromatic rings. The van der Waals surface area contributed by atoms with Crippen molar-refractivity contribution >= 4 is 17.8 Å². The summed E-state index contributed by atoms with van der Waals surface area (Å²) in [5.41, 5.74) is 0.857. The summed E-state index contributed by atoms with van der Waals surface area (Å²) in [6.45, 7) is -0.0631. The quantitative estimate of drug-likeness (QED) is 0.590. The first-order valence-corrected chi connectivity index (χ1v) is 5.70. The van der Waals surface area contributed by atoms with Crippen molar-refractivity contribution < 1.29 is 19.1 Å². The summed E-state index contributed by atoms with van der Waals surface area (Å²) in [7, 11) is 2.69. The van der Waals surface area contributed by atoms with Gasteiger partial charge in [-0.25, -0.2) is 4.79 Å². The topological polar surface area (TPSA) is 90.7 Å². The van der Waals surface area contributed by atoms with E-state index in [9.17, 15) is 14.4 Å². The maximum atomic E-state index is 11.7. The van der Waals surface area contributed by atoms with Crippen LogP contribution in [0, 0.1) is 11.3 Å². The van der Waals surface area contributed by atoms with Crippen molar-refractivity contribution in [2.24, 2.45) is 0 Å². The van der Waals surface area contributed by atoms with E-state index in [2.05, 4.69) is 0 Å². The van der Waals surface area contributed by atoms with E-state index in [4.69, 9.17) is 10.00 Å². The number of imide groups is 2. The van der Waals surface area contributed by atoms with Crippen LogP contribution >= 0.6 is 0 Å². The third-order valence-electron chi connectivity index (χ3n) is 2.98. The highest BCUT2D eigenvalue weighted by Crippen LogP contribution is 2.21. The second-order valence-electron chi connectivity index (χ2n) is 4.18. The van der Waals surface area contributed by atoms with Gasteiger partial charge in [-0.1, -0.05) is 6.07 Å². The van der Waals surface area contributed by atoms with Crippen LogP contribution in [0.1, 0.15) is 11.1 Å². The number of ether oxygens (including phenoxy) is 1. The van der Waals surface area contributed by atoms with E-state index >= 15 is 0 Å². The number of nitriles is 1. The third-order valence-corrected chi connectivity index (χ3v) is 2.98. The fourth-order valence-corrected chi connectivity index (χ4v) is 1.88. The second kappa shape index (κ2) is 5.01. The number of amides is 4. The fourth-order valence-electron chi connectivity index (χ4n) is 1.88. The lowest BCUT2D eigenvalue weighted by Gasteiger charge is -2.13. The minimum atomic E-state index is -0.869. The van der Waals surface area contributed by atoms with E-state index in [0.717, 1.165) is 9.80 Å². The molecule has 0 atom stereocenters. The molecule has 1 heterocycles. The van der Waals surface area contributed by atoms with Crippen LogP contribution in [-0.4, -0.2) is 41.8 Å². The van der Waals surface area contributed by atoms with Gasteiger partial charge in [0.25, 0.3) is 0 Å². The Kier molecular flexibility index (Phi) is 3.39. The van der Waals surface area contributed by atoms with Crippen molar-refractivity contribution in [2.75, 3.05) is 14.2 Å². The first-order valence-electron chi connectivity index (χ1n) is 5.70. The highest BCUT2D eigenvalue weighted by atomic mass is 16.5. The molecule has 1 aliphatic heterocycles. The van der Waals surface area contributed by atoms with Gasteiger partial charge in [-0.05, 0) is 17.7 Å². The predicted octanol–water partition coefficient (Wildman–Crippen LogP) is 0.487. The lowest BCUT2D eigenvalue weighted by atomic mass is 10.1. The van der Waals surface area contributed by atoms with E-state index in [1.807, 2.05) is 6.07 Å². The van der Waals surface area contributed by atoms with E-state index in [-0.39, 0.29) is 6.54 Å². The van der Waals surface area contributed by atoms with Gasteiger partial charge in [-0.3, -0.25) is 19.4 Å². The van der Waals surface area contributed by atoms with Crippen LogP contribution in [0.3, 0.4) is 0 Å². The molecule has 1 saturated heterocycles. The van der Waals surface area contributed by atoms with Crippen LogP contribution in [0.2, 0.25) is 0 Å². The molecule has 4 amide bonds. The van der Waals surface area contributed by atoms with Crippen LogP contribution in [0.15, 0.2) is 18.2 Å². The first kappa shape index (κ1) is 13.5. The van der Waals surface area contributed by atoms with Crippen LogP contribution < -0.4 is 4.74 Å². The largest absolute Gasteiger partial charge is 0.495 e. The Morgan fingerprint density at radius 1 is 1.25 bits per heavy atom. The zero-order chi connectivity index (χ0) is 14.9. The van der Waals surface area contributed by atoms with Crippen molar-refractivity contribution in [2.45, 2.75) is 6.54 Å². The molecule has 20 heavy (non-hydrogen) atoms. The molecule has 0 unspecified atom stereocenters. The first-order chi connectivity index (χ1) is 9.49. The molecular formula is C13H11N3O4. The Bertz CT molecular complexity index is 648. The SMILES string of the molecule is COc1ccc(CN2C(=O)C(=O)N(C)C2=O)cc1C#N. The van der Waals surface area contributed by atoms with Crippen molar-refractivity contribution in [3.8, 4) is 11.8 Å². The number of carbonyl (C=O) groups is 3. The molecule has 7 heteroatoms. The van der Waals surface area contributed by atoms with Gasteiger partial charge in [-0.2, -0.15) is 5.26 Å². The number of rotatable bonds is 3. The molecule has 0 aliphatic carbocycles. The van der Waals surface area contributed by atoms with Gasteiger partial charge >= 0.3 is 17.8 Å². The highest BCUT2D eigenvalue weighted by molar-refractivity contribution is 6.44. The number of likely N-dealkylation sites (N-methyl/N-ethyl adjacent to an activating group) is 1. The van der Waals surface area contributed by atoms with Crippen molar-refractivity contribution in [3.05, 3.63) is 29.3 Å². The van der Waals surface area contributed by atoms with Crippen LogP contribution in [-0.2, 0) is 16.1 Å². The zero-order valence-electron chi connectivity index (χ0n) is 10.9. The van der Waals surface area contributed by atoms with Gasteiger partial charge in [0, 0.05) is 7.05 Å². The molecule has 0 N–H and O–H groups in total. The summed E-state index contributed by atoms with van der Waals surface area (Å²) in [5.74, 6) is -1.32. The summed E-state index contributed by atoms with van der Waals surface area (Å²) in [6, 6.07) is 6.01. The van der Waals surface area contributed by atoms with Gasteiger partial charge in [0.15, 0.2) is 0 Å². The van der Waals surface area contributed by atoms with Gasteiger partial charge in [0.05, 0.1) is 19.2 Å². The summed E-state index contributed by atoms with van der Waals surface area (Å²) in [5, 5.41) is 8.98. The van der Waals surface area contributed by atoms with Crippen molar-refractivity contribution in [1.29, 1.82) is 5.26 Å². The molecule has 2 rings (SSSR count). The Hall–Kier alpha value is -2.88. The molecule has 0 spiro atoms. The molecule has 1 fully saturated rings. The number of benzene rings is 1. The normalized spacial score (nSPS) is 14.8. The van der Waals surface area contributed by atoms with E-state index in [0.29, 0.717) is 16.9 Å². The maximum absolute atomic E-state index is 11.7. The number of carbonyl (C=O) groups excluding carboxylic acids is 3. The Labute approximate surface area is 114 Å². The van der Waals surface area contributed by atoms with Gasteiger partial charge in [0.2, 0.25) is 0 Å². The molecule has 0 radical (unpaired) electrons. The fraction of sp³-hybridized carbons (Fsp3) is 0.231. The molecule has 102 valence electrons. The Morgan fingerprint density at radius 3 is 2.45 bits per heavy atom. The molecule has 1 aromatic carbocycles. The number of nitrogens with zero attached hydrogens (tertiary/aromatic N) is 3. The molecule has 0 saturated carbocycles. The maximum Gasteiger partial charge on any atom is 0.334 e. The minimum absolute atomic E-state index is 0.0631. The monoisotopic (exact) mass is 273 g/mol. The van der Waals surface area contributed by atoms with Crippen molar-refractivity contribution in [1.82, 2.24) is 9.80 Å². The third kappa shape index (κ3) is 2.07. The average Bonchev–Trinajstić information content (AvgIpc) is 2.65. The minimum Gasteiger partial charge on any atom is -0.495 e. The summed E-state index contributed by atoms with van der Waals surface area (Å²) < 4.78 is 5.01. The summed E-state index contributed by atoms with van der Waals surface area (Å²) in [4.78, 5) is 36.3. The zero-order valence-corrected chi connectivity index (χ0v) is 10.9. The van der Waals surface area contributed by atoms with Gasteiger partial charge < -0.3 is 4.74 Å². The standard InChI is InChI=1S/C13H11N3O4/c1-15-11(17)12(18)16(13(15)19)7-8-3-4-10(20-2)9(5-8)6-14/h3-5H,7H2,1-2H3. The lowest BCUT2D eigenvalue weighted by Crippen LogP contribution is -2.31. The highest BCUT2D eigenvalue weighted by Gasteiger charge is 2.42. The van der Waals surface area contributed by atoms with Gasteiger partial charge in [0.1, 0.15) is 11.8 Å². The van der Waals surface area contributed by atoms with Crippen molar-refractivity contribution in [3.63, 3.8) is 0 Å². The number of hydrogen-bond donors (Lipinski definition) is 0. The number of urea groups is 1. The number of hydrogen-bond acceptors (Lipinski definition) is 5. The van der Waals surface area contributed by atoms with Crippen LogP contribution in [0.5, 0.6) is 5.75 Å². The van der Waals surface area contributed by atoms with E-state index in [1.54, 1.807) is 12.1 Å². The van der Waals surface area contributed by atoms with E-state index < -0.39 is 17.8 Å². The summed E-state index contributed by atoms with van der Waals surface area (Å²) in [6.07, 6.45) is 0.